The summed E-state index contributed by atoms with van der Waals surface area (Å²) in [5, 5.41) is 16.9. The number of rotatable bonds is 6. The molecule has 1 aliphatic rings. The Morgan fingerprint density at radius 1 is 0.893 bits per heavy atom. The molecule has 6 heteroatoms. The molecule has 144 valence electrons. The van der Waals surface area contributed by atoms with Crippen LogP contribution in [0, 0.1) is 11.8 Å². The first kappa shape index (κ1) is 19.4. The number of benzene rings is 2. The lowest BCUT2D eigenvalue weighted by atomic mass is 9.82. The van der Waals surface area contributed by atoms with Gasteiger partial charge in [-0.3, -0.25) is 9.59 Å². The summed E-state index contributed by atoms with van der Waals surface area (Å²) in [6.45, 7) is 0.363. The van der Waals surface area contributed by atoms with Crippen LogP contribution in [0.4, 0.5) is 5.69 Å². The molecule has 2 N–H and O–H groups in total. The summed E-state index contributed by atoms with van der Waals surface area (Å²) in [7, 11) is 0. The topological polar surface area (TPSA) is 98.3 Å². The Hall–Kier alpha value is -3.41. The molecule has 3 rings (SSSR count). The highest BCUT2D eigenvalue weighted by Gasteiger charge is 2.30. The van der Waals surface area contributed by atoms with Gasteiger partial charge in [-0.25, -0.2) is 0 Å². The van der Waals surface area contributed by atoms with Gasteiger partial charge in [-0.2, -0.15) is 0 Å². The number of hydrogen-bond acceptors (Lipinski definition) is 4. The molecule has 0 saturated heterocycles. The molecule has 0 saturated carbocycles. The van der Waals surface area contributed by atoms with Crippen LogP contribution in [-0.2, 0) is 16.1 Å². The van der Waals surface area contributed by atoms with E-state index in [0.717, 1.165) is 5.56 Å². The van der Waals surface area contributed by atoms with Crippen LogP contribution in [0.2, 0.25) is 0 Å². The highest BCUT2D eigenvalue weighted by molar-refractivity contribution is 6.04. The van der Waals surface area contributed by atoms with Gasteiger partial charge in [0.2, 0.25) is 5.91 Å². The molecule has 0 unspecified atom stereocenters. The fraction of sp³-hybridized carbons (Fsp3) is 0.227. The third kappa shape index (κ3) is 4.65. The second-order valence-electron chi connectivity index (χ2n) is 6.68. The number of amides is 2. The van der Waals surface area contributed by atoms with Crippen molar-refractivity contribution in [1.82, 2.24) is 5.32 Å². The first-order valence-corrected chi connectivity index (χ1v) is 9.14. The highest BCUT2D eigenvalue weighted by atomic mass is 16.4. The van der Waals surface area contributed by atoms with Crippen LogP contribution in [0.3, 0.4) is 0 Å². The van der Waals surface area contributed by atoms with Crippen molar-refractivity contribution < 1.29 is 19.5 Å². The number of aliphatic carboxylic acids is 1. The molecule has 0 aliphatic heterocycles. The predicted octanol–water partition coefficient (Wildman–Crippen LogP) is 1.89. The summed E-state index contributed by atoms with van der Waals surface area (Å²) in [6, 6.07) is 16.2. The predicted molar refractivity (Wildman–Crippen MR) is 103 cm³/mol. The lowest BCUT2D eigenvalue weighted by Gasteiger charge is -2.28. The zero-order valence-electron chi connectivity index (χ0n) is 15.3. The fourth-order valence-electron chi connectivity index (χ4n) is 3.25. The number of anilines is 1. The van der Waals surface area contributed by atoms with E-state index in [1.807, 2.05) is 30.3 Å². The van der Waals surface area contributed by atoms with E-state index in [1.54, 1.807) is 36.4 Å². The van der Waals surface area contributed by atoms with Crippen LogP contribution in [-0.4, -0.2) is 17.8 Å². The van der Waals surface area contributed by atoms with E-state index in [2.05, 4.69) is 10.6 Å². The van der Waals surface area contributed by atoms with Gasteiger partial charge >= 0.3 is 0 Å². The zero-order valence-corrected chi connectivity index (χ0v) is 15.3. The number of carbonyl (C=O) groups is 3. The quantitative estimate of drug-likeness (QED) is 0.751. The minimum absolute atomic E-state index is 0.264. The number of para-hydroxylation sites is 1. The van der Waals surface area contributed by atoms with Gasteiger partial charge in [0.25, 0.3) is 5.91 Å². The van der Waals surface area contributed by atoms with Gasteiger partial charge in [0.15, 0.2) is 0 Å². The first-order valence-electron chi connectivity index (χ1n) is 9.14. The molecule has 0 aromatic heterocycles. The van der Waals surface area contributed by atoms with Crippen LogP contribution < -0.4 is 15.7 Å². The van der Waals surface area contributed by atoms with Gasteiger partial charge in [0.05, 0.1) is 17.2 Å². The van der Waals surface area contributed by atoms with Crippen LogP contribution in [0.5, 0.6) is 0 Å². The Morgan fingerprint density at radius 2 is 1.54 bits per heavy atom. The zero-order chi connectivity index (χ0) is 19.9. The summed E-state index contributed by atoms with van der Waals surface area (Å²) in [4.78, 5) is 36.6. The van der Waals surface area contributed by atoms with Crippen molar-refractivity contribution in [1.29, 1.82) is 0 Å². The van der Waals surface area contributed by atoms with E-state index >= 15 is 0 Å². The summed E-state index contributed by atoms with van der Waals surface area (Å²) < 4.78 is 0. The molecule has 2 aromatic rings. The second-order valence-corrected chi connectivity index (χ2v) is 6.68. The number of nitrogens with one attached hydrogen (secondary N) is 2. The second kappa shape index (κ2) is 8.99. The molecule has 2 atom stereocenters. The molecule has 1 aliphatic carbocycles. The van der Waals surface area contributed by atoms with Crippen molar-refractivity contribution in [3.05, 3.63) is 77.9 Å². The molecule has 0 spiro atoms. The molecule has 6 nitrogen and oxygen atoms in total. The van der Waals surface area contributed by atoms with E-state index in [1.165, 1.54) is 0 Å². The van der Waals surface area contributed by atoms with Gasteiger partial charge in [-0.15, -0.1) is 0 Å². The van der Waals surface area contributed by atoms with Crippen molar-refractivity contribution in [3.63, 3.8) is 0 Å². The molecule has 2 amide bonds. The number of carbonyl (C=O) groups excluding carboxylic acids is 3. The van der Waals surface area contributed by atoms with Crippen molar-refractivity contribution in [2.24, 2.45) is 11.8 Å². The van der Waals surface area contributed by atoms with E-state index in [9.17, 15) is 19.5 Å². The highest BCUT2D eigenvalue weighted by Crippen LogP contribution is 2.27. The standard InChI is InChI=1S/C22H22N2O4/c25-20(23-14-15-8-2-1-3-9-15)18-12-6-7-13-19(18)24-21(26)16-10-4-5-11-17(16)22(27)28/h1-9,12-13,16-17H,10-11,14H2,(H,23,25)(H,24,26)(H,27,28)/p-1/t16-,17+/m1/s1. The normalized spacial score (nSPS) is 18.3. The van der Waals surface area contributed by atoms with E-state index < -0.39 is 23.7 Å². The Kier molecular flexibility index (Phi) is 6.22. The van der Waals surface area contributed by atoms with Crippen molar-refractivity contribution in [3.8, 4) is 0 Å². The Labute approximate surface area is 163 Å². The molecule has 0 heterocycles. The maximum atomic E-state index is 12.7. The lowest BCUT2D eigenvalue weighted by molar-refractivity contribution is -0.313. The van der Waals surface area contributed by atoms with E-state index in [4.69, 9.17) is 0 Å². The summed E-state index contributed by atoms with van der Waals surface area (Å²) in [5.41, 5.74) is 1.64. The Morgan fingerprint density at radius 3 is 2.25 bits per heavy atom. The van der Waals surface area contributed by atoms with E-state index in [0.29, 0.717) is 24.2 Å². The summed E-state index contributed by atoms with van der Waals surface area (Å²) in [5.74, 6) is -3.58. The van der Waals surface area contributed by atoms with Crippen molar-refractivity contribution >= 4 is 23.5 Å². The molecule has 0 fully saturated rings. The molecule has 0 radical (unpaired) electrons. The maximum Gasteiger partial charge on any atom is 0.253 e. The number of allylic oxidation sites excluding steroid dienone is 2. The van der Waals surface area contributed by atoms with E-state index in [-0.39, 0.29) is 12.3 Å². The maximum absolute atomic E-state index is 12.7. The first-order chi connectivity index (χ1) is 13.6. The Balaban J connectivity index is 1.71. The SMILES string of the molecule is O=C(NCc1ccccc1)c1ccccc1NC(=O)[C@@H]1CC=CC[C@@H]1C(=O)[O-]. The lowest BCUT2D eigenvalue weighted by Crippen LogP contribution is -2.41. The van der Waals surface area contributed by atoms with Gasteiger partial charge in [0.1, 0.15) is 0 Å². The summed E-state index contributed by atoms with van der Waals surface area (Å²) >= 11 is 0. The van der Waals surface area contributed by atoms with Gasteiger partial charge in [-0.1, -0.05) is 54.6 Å². The van der Waals surface area contributed by atoms with Crippen LogP contribution in [0.25, 0.3) is 0 Å². The van der Waals surface area contributed by atoms with Crippen molar-refractivity contribution in [2.45, 2.75) is 19.4 Å². The Bertz CT molecular complexity index is 892. The molecule has 0 bridgehead atoms. The average Bonchev–Trinajstić information content (AvgIpc) is 2.73. The smallest absolute Gasteiger partial charge is 0.253 e. The molecule has 28 heavy (non-hydrogen) atoms. The fourth-order valence-corrected chi connectivity index (χ4v) is 3.25. The molecular formula is C22H21N2O4-. The third-order valence-corrected chi connectivity index (χ3v) is 4.80. The van der Waals surface area contributed by atoms with Crippen LogP contribution >= 0.6 is 0 Å². The number of carboxylic acid groups (broad SMARTS) is 1. The largest absolute Gasteiger partial charge is 0.550 e. The van der Waals surface area contributed by atoms with Crippen molar-refractivity contribution in [2.75, 3.05) is 5.32 Å². The molecule has 2 aromatic carbocycles. The van der Waals surface area contributed by atoms with Gasteiger partial charge in [0, 0.05) is 18.4 Å². The molecular weight excluding hydrogens is 356 g/mol. The minimum Gasteiger partial charge on any atom is -0.550 e. The minimum atomic E-state index is -1.24. The third-order valence-electron chi connectivity index (χ3n) is 4.80. The average molecular weight is 377 g/mol. The van der Waals surface area contributed by atoms with Crippen LogP contribution in [0.15, 0.2) is 66.7 Å². The van der Waals surface area contributed by atoms with Gasteiger partial charge < -0.3 is 20.5 Å². The number of carboxylic acids is 1. The van der Waals surface area contributed by atoms with Gasteiger partial charge in [-0.05, 0) is 30.5 Å². The summed E-state index contributed by atoms with van der Waals surface area (Å²) in [6.07, 6.45) is 4.13. The monoisotopic (exact) mass is 377 g/mol. The van der Waals surface area contributed by atoms with Crippen LogP contribution in [0.1, 0.15) is 28.8 Å². The number of hydrogen-bond donors (Lipinski definition) is 2.